The molecule has 0 atom stereocenters. The molecule has 112 valence electrons. The minimum absolute atomic E-state index is 0.543. The number of alkyl halides is 6. The van der Waals surface area contributed by atoms with Crippen molar-refractivity contribution < 1.29 is 26.3 Å². The zero-order valence-electron chi connectivity index (χ0n) is 9.88. The lowest BCUT2D eigenvalue weighted by atomic mass is 10.1. The normalized spacial score (nSPS) is 12.5. The Kier molecular flexibility index (Phi) is 3.47. The van der Waals surface area contributed by atoms with Crippen LogP contribution in [0.25, 0.3) is 11.3 Å². The maximum absolute atomic E-state index is 12.8. The minimum atomic E-state index is -4.99. The summed E-state index contributed by atoms with van der Waals surface area (Å²) in [7, 11) is 0. The van der Waals surface area contributed by atoms with Gasteiger partial charge in [-0.3, -0.25) is 9.78 Å². The van der Waals surface area contributed by atoms with Crippen molar-refractivity contribution in [2.24, 2.45) is 0 Å². The lowest BCUT2D eigenvalue weighted by molar-refractivity contribution is -0.145. The Morgan fingerprint density at radius 2 is 1.71 bits per heavy atom. The molecule has 0 saturated heterocycles. The summed E-state index contributed by atoms with van der Waals surface area (Å²) in [6.07, 6.45) is -8.27. The van der Waals surface area contributed by atoms with E-state index in [1.165, 1.54) is 4.98 Å². The van der Waals surface area contributed by atoms with E-state index in [9.17, 15) is 31.1 Å². The fourth-order valence-corrected chi connectivity index (χ4v) is 1.58. The Bertz CT molecular complexity index is 719. The first-order valence-corrected chi connectivity index (χ1v) is 5.29. The van der Waals surface area contributed by atoms with E-state index in [1.807, 2.05) is 0 Å². The molecule has 0 fully saturated rings. The van der Waals surface area contributed by atoms with E-state index in [0.717, 1.165) is 6.20 Å². The van der Waals surface area contributed by atoms with Crippen molar-refractivity contribution in [1.29, 1.82) is 0 Å². The summed E-state index contributed by atoms with van der Waals surface area (Å²) in [5.74, 6) is -1.68. The summed E-state index contributed by atoms with van der Waals surface area (Å²) in [5, 5.41) is 0. The molecule has 2 aromatic heterocycles. The first-order chi connectivity index (χ1) is 9.59. The molecule has 0 bridgehead atoms. The Labute approximate surface area is 112 Å². The van der Waals surface area contributed by atoms with Gasteiger partial charge in [-0.05, 0) is 6.07 Å². The highest BCUT2D eigenvalue weighted by Gasteiger charge is 2.37. The fraction of sp³-hybridized carbons (Fsp3) is 0.182. The van der Waals surface area contributed by atoms with Crippen molar-refractivity contribution >= 4 is 0 Å². The van der Waals surface area contributed by atoms with Crippen molar-refractivity contribution in [2.45, 2.75) is 12.4 Å². The first kappa shape index (κ1) is 15.0. The predicted octanol–water partition coefficient (Wildman–Crippen LogP) is 2.87. The van der Waals surface area contributed by atoms with Gasteiger partial charge in [0.2, 0.25) is 5.82 Å². The second-order valence-electron chi connectivity index (χ2n) is 3.90. The van der Waals surface area contributed by atoms with E-state index in [-0.39, 0.29) is 0 Å². The molecule has 0 saturated carbocycles. The number of nitrogens with one attached hydrogen (secondary N) is 1. The molecular formula is C11H5F6N3O. The van der Waals surface area contributed by atoms with E-state index < -0.39 is 40.6 Å². The monoisotopic (exact) mass is 309 g/mol. The van der Waals surface area contributed by atoms with E-state index >= 15 is 0 Å². The number of aromatic amines is 1. The maximum Gasteiger partial charge on any atom is 0.449 e. The Hall–Kier alpha value is -2.39. The van der Waals surface area contributed by atoms with Gasteiger partial charge in [0.15, 0.2) is 0 Å². The lowest BCUT2D eigenvalue weighted by Gasteiger charge is -2.12. The third-order valence-electron chi connectivity index (χ3n) is 2.41. The average Bonchev–Trinajstić information content (AvgIpc) is 2.36. The molecule has 0 aliphatic rings. The lowest BCUT2D eigenvalue weighted by Crippen LogP contribution is -2.19. The summed E-state index contributed by atoms with van der Waals surface area (Å²) in [5.41, 5.74) is -3.92. The molecule has 0 aromatic carbocycles. The number of H-pyrrole nitrogens is 1. The van der Waals surface area contributed by atoms with E-state index in [4.69, 9.17) is 0 Å². The average molecular weight is 309 g/mol. The molecule has 2 aromatic rings. The van der Waals surface area contributed by atoms with Crippen molar-refractivity contribution in [3.05, 3.63) is 46.3 Å². The number of rotatable bonds is 1. The zero-order chi connectivity index (χ0) is 15.8. The molecule has 0 aliphatic carbocycles. The van der Waals surface area contributed by atoms with Crippen LogP contribution in [0.15, 0.2) is 29.3 Å². The van der Waals surface area contributed by atoms with Gasteiger partial charge in [-0.25, -0.2) is 4.98 Å². The van der Waals surface area contributed by atoms with Crippen molar-refractivity contribution in [1.82, 2.24) is 15.0 Å². The second kappa shape index (κ2) is 4.86. The number of hydrogen-bond donors (Lipinski definition) is 1. The summed E-state index contributed by atoms with van der Waals surface area (Å²) >= 11 is 0. The maximum atomic E-state index is 12.8. The van der Waals surface area contributed by atoms with E-state index in [0.29, 0.717) is 18.3 Å². The van der Waals surface area contributed by atoms with Gasteiger partial charge in [0.05, 0.1) is 11.3 Å². The first-order valence-electron chi connectivity index (χ1n) is 5.29. The van der Waals surface area contributed by atoms with Crippen LogP contribution in [0.4, 0.5) is 26.3 Å². The third kappa shape index (κ3) is 3.20. The van der Waals surface area contributed by atoms with Crippen LogP contribution in [-0.4, -0.2) is 15.0 Å². The highest BCUT2D eigenvalue weighted by molar-refractivity contribution is 5.62. The molecule has 0 aliphatic heterocycles. The van der Waals surface area contributed by atoms with Crippen LogP contribution in [0, 0.1) is 0 Å². The van der Waals surface area contributed by atoms with E-state index in [1.54, 1.807) is 0 Å². The molecule has 0 spiro atoms. The smallest absolute Gasteiger partial charge is 0.303 e. The number of nitrogens with zero attached hydrogens (tertiary/aromatic N) is 2. The third-order valence-corrected chi connectivity index (χ3v) is 2.41. The Morgan fingerprint density at radius 3 is 2.29 bits per heavy atom. The number of aromatic nitrogens is 3. The van der Waals surface area contributed by atoms with Gasteiger partial charge in [0.1, 0.15) is 0 Å². The van der Waals surface area contributed by atoms with Gasteiger partial charge in [-0.15, -0.1) is 0 Å². The van der Waals surface area contributed by atoms with Gasteiger partial charge >= 0.3 is 12.4 Å². The summed E-state index contributed by atoms with van der Waals surface area (Å²) in [6, 6.07) is 1.13. The standard InChI is InChI=1S/C11H5F6N3O/c12-10(13,14)6-1-2-18-4-5(6)7-3-8(21)20-9(19-7)11(15,16)17/h1-4H,(H,19,20,21). The van der Waals surface area contributed by atoms with Crippen LogP contribution < -0.4 is 5.56 Å². The quantitative estimate of drug-likeness (QED) is 0.824. The molecular weight excluding hydrogens is 304 g/mol. The number of hydrogen-bond acceptors (Lipinski definition) is 3. The minimum Gasteiger partial charge on any atom is -0.303 e. The van der Waals surface area contributed by atoms with Gasteiger partial charge in [-0.2, -0.15) is 26.3 Å². The molecule has 0 amide bonds. The molecule has 21 heavy (non-hydrogen) atoms. The Balaban J connectivity index is 2.69. The molecule has 10 heteroatoms. The van der Waals surface area contributed by atoms with Crippen LogP contribution in [0.5, 0.6) is 0 Å². The summed E-state index contributed by atoms with van der Waals surface area (Å²) in [6.45, 7) is 0. The summed E-state index contributed by atoms with van der Waals surface area (Å²) < 4.78 is 76.0. The van der Waals surface area contributed by atoms with Crippen molar-refractivity contribution in [2.75, 3.05) is 0 Å². The summed E-state index contributed by atoms with van der Waals surface area (Å²) in [4.78, 5) is 19.1. The SMILES string of the molecule is O=c1cc(-c2cnccc2C(F)(F)F)nc(C(F)(F)F)[nH]1. The van der Waals surface area contributed by atoms with Crippen molar-refractivity contribution in [3.8, 4) is 11.3 Å². The largest absolute Gasteiger partial charge is 0.449 e. The highest BCUT2D eigenvalue weighted by atomic mass is 19.4. The highest BCUT2D eigenvalue weighted by Crippen LogP contribution is 2.36. The number of pyridine rings is 1. The van der Waals surface area contributed by atoms with Crippen LogP contribution >= 0.6 is 0 Å². The van der Waals surface area contributed by atoms with Gasteiger partial charge in [-0.1, -0.05) is 0 Å². The molecule has 0 radical (unpaired) electrons. The van der Waals surface area contributed by atoms with Crippen LogP contribution in [0.1, 0.15) is 11.4 Å². The van der Waals surface area contributed by atoms with Gasteiger partial charge in [0, 0.05) is 24.0 Å². The van der Waals surface area contributed by atoms with Crippen molar-refractivity contribution in [3.63, 3.8) is 0 Å². The Morgan fingerprint density at radius 1 is 1.05 bits per heavy atom. The molecule has 1 N–H and O–H groups in total. The zero-order valence-corrected chi connectivity index (χ0v) is 9.88. The fourth-order valence-electron chi connectivity index (χ4n) is 1.58. The van der Waals surface area contributed by atoms with Gasteiger partial charge < -0.3 is 4.98 Å². The molecule has 4 nitrogen and oxygen atoms in total. The van der Waals surface area contributed by atoms with E-state index in [2.05, 4.69) is 9.97 Å². The topological polar surface area (TPSA) is 58.6 Å². The van der Waals surface area contributed by atoms with Crippen LogP contribution in [-0.2, 0) is 12.4 Å². The number of halogens is 6. The predicted molar refractivity (Wildman–Crippen MR) is 58.1 cm³/mol. The molecule has 2 heterocycles. The second-order valence-corrected chi connectivity index (χ2v) is 3.90. The molecule has 2 rings (SSSR count). The van der Waals surface area contributed by atoms with Gasteiger partial charge in [0.25, 0.3) is 5.56 Å². The molecule has 0 unspecified atom stereocenters. The van der Waals surface area contributed by atoms with Crippen LogP contribution in [0.3, 0.4) is 0 Å². The van der Waals surface area contributed by atoms with Crippen LogP contribution in [0.2, 0.25) is 0 Å².